The molecule has 0 atom stereocenters. The average Bonchev–Trinajstić information content (AvgIpc) is 2.19. The van der Waals surface area contributed by atoms with Crippen molar-refractivity contribution < 1.29 is 14.6 Å². The van der Waals surface area contributed by atoms with Crippen molar-refractivity contribution in [2.45, 2.75) is 19.8 Å². The molecule has 1 N–H and O–H groups in total. The van der Waals surface area contributed by atoms with E-state index in [2.05, 4.69) is 10.2 Å². The second kappa shape index (κ2) is 5.16. The zero-order valence-corrected chi connectivity index (χ0v) is 7.93. The highest BCUT2D eigenvalue weighted by Crippen LogP contribution is 2.12. The highest BCUT2D eigenvalue weighted by Gasteiger charge is 2.11. The average molecular weight is 196 g/mol. The highest BCUT2D eigenvalue weighted by molar-refractivity contribution is 5.89. The third kappa shape index (κ3) is 2.69. The summed E-state index contributed by atoms with van der Waals surface area (Å²) in [5.74, 6) is -0.958. The monoisotopic (exact) mass is 196 g/mol. The maximum absolute atomic E-state index is 10.7. The second-order valence-corrected chi connectivity index (χ2v) is 2.76. The molecular weight excluding hydrogens is 184 g/mol. The van der Waals surface area contributed by atoms with Crippen LogP contribution in [-0.2, 0) is 0 Å². The van der Waals surface area contributed by atoms with Crippen LogP contribution in [-0.4, -0.2) is 27.9 Å². The van der Waals surface area contributed by atoms with Gasteiger partial charge in [0, 0.05) is 0 Å². The van der Waals surface area contributed by atoms with Crippen LogP contribution in [0.4, 0.5) is 0 Å². The van der Waals surface area contributed by atoms with Crippen molar-refractivity contribution >= 4 is 5.97 Å². The van der Waals surface area contributed by atoms with Crippen molar-refractivity contribution in [3.8, 4) is 5.88 Å². The van der Waals surface area contributed by atoms with Crippen LogP contribution >= 0.6 is 0 Å². The fraction of sp³-hybridized carbons (Fsp3) is 0.444. The van der Waals surface area contributed by atoms with Crippen molar-refractivity contribution in [3.05, 3.63) is 17.8 Å². The van der Waals surface area contributed by atoms with E-state index in [-0.39, 0.29) is 11.4 Å². The Labute approximate surface area is 81.7 Å². The Morgan fingerprint density at radius 3 is 3.07 bits per heavy atom. The minimum absolute atomic E-state index is 0.0519. The van der Waals surface area contributed by atoms with Gasteiger partial charge in [0.05, 0.1) is 12.8 Å². The molecular formula is C9H12N2O3. The molecule has 76 valence electrons. The molecule has 0 amide bonds. The lowest BCUT2D eigenvalue weighted by Gasteiger charge is -2.05. The van der Waals surface area contributed by atoms with Gasteiger partial charge >= 0.3 is 5.97 Å². The van der Waals surface area contributed by atoms with E-state index in [1.54, 1.807) is 0 Å². The number of carboxylic acids is 1. The van der Waals surface area contributed by atoms with Gasteiger partial charge in [-0.1, -0.05) is 13.3 Å². The smallest absolute Gasteiger partial charge is 0.341 e. The molecule has 0 aliphatic rings. The molecule has 0 spiro atoms. The summed E-state index contributed by atoms with van der Waals surface area (Å²) in [4.78, 5) is 10.7. The lowest BCUT2D eigenvalue weighted by atomic mass is 10.3. The van der Waals surface area contributed by atoms with Gasteiger partial charge in [0.25, 0.3) is 0 Å². The maximum Gasteiger partial charge on any atom is 0.341 e. The van der Waals surface area contributed by atoms with E-state index < -0.39 is 5.97 Å². The number of unbranched alkanes of at least 4 members (excludes halogenated alkanes) is 1. The van der Waals surface area contributed by atoms with Gasteiger partial charge in [-0.3, -0.25) is 0 Å². The minimum Gasteiger partial charge on any atom is -0.477 e. The standard InChI is InChI=1S/C9H12N2O3/c1-2-3-6-14-8-7(9(12)13)4-5-10-11-8/h4-5H,2-3,6H2,1H3,(H,12,13). The van der Waals surface area contributed by atoms with E-state index in [4.69, 9.17) is 9.84 Å². The zero-order chi connectivity index (χ0) is 10.4. The van der Waals surface area contributed by atoms with Crippen LogP contribution in [0.5, 0.6) is 5.88 Å². The summed E-state index contributed by atoms with van der Waals surface area (Å²) < 4.78 is 5.18. The molecule has 0 radical (unpaired) electrons. The Kier molecular flexibility index (Phi) is 3.84. The molecule has 0 bridgehead atoms. The van der Waals surface area contributed by atoms with Crippen molar-refractivity contribution in [2.24, 2.45) is 0 Å². The fourth-order valence-electron chi connectivity index (χ4n) is 0.901. The first-order chi connectivity index (χ1) is 6.75. The molecule has 1 rings (SSSR count). The van der Waals surface area contributed by atoms with Gasteiger partial charge in [0.2, 0.25) is 5.88 Å². The molecule has 0 unspecified atom stereocenters. The number of carboxylic acid groups (broad SMARTS) is 1. The Morgan fingerprint density at radius 2 is 2.43 bits per heavy atom. The number of rotatable bonds is 5. The first-order valence-electron chi connectivity index (χ1n) is 4.43. The fourth-order valence-corrected chi connectivity index (χ4v) is 0.901. The molecule has 1 aromatic heterocycles. The summed E-state index contributed by atoms with van der Waals surface area (Å²) in [7, 11) is 0. The van der Waals surface area contributed by atoms with Gasteiger partial charge in [-0.15, -0.1) is 5.10 Å². The number of nitrogens with zero attached hydrogens (tertiary/aromatic N) is 2. The van der Waals surface area contributed by atoms with Crippen LogP contribution in [0.25, 0.3) is 0 Å². The van der Waals surface area contributed by atoms with Crippen molar-refractivity contribution in [2.75, 3.05) is 6.61 Å². The second-order valence-electron chi connectivity index (χ2n) is 2.76. The molecule has 0 fully saturated rings. The molecule has 5 heteroatoms. The van der Waals surface area contributed by atoms with E-state index >= 15 is 0 Å². The Hall–Kier alpha value is -1.65. The van der Waals surface area contributed by atoms with Crippen LogP contribution in [0.3, 0.4) is 0 Å². The summed E-state index contributed by atoms with van der Waals surface area (Å²) in [6, 6.07) is 1.37. The highest BCUT2D eigenvalue weighted by atomic mass is 16.5. The lowest BCUT2D eigenvalue weighted by molar-refractivity contribution is 0.0690. The summed E-state index contributed by atoms with van der Waals surface area (Å²) >= 11 is 0. The number of aromatic nitrogens is 2. The van der Waals surface area contributed by atoms with Gasteiger partial charge < -0.3 is 9.84 Å². The topological polar surface area (TPSA) is 72.3 Å². The number of aromatic carboxylic acids is 1. The minimum atomic E-state index is -1.05. The molecule has 1 heterocycles. The van der Waals surface area contributed by atoms with Crippen molar-refractivity contribution in [1.29, 1.82) is 0 Å². The first kappa shape index (κ1) is 10.4. The SMILES string of the molecule is CCCCOc1nnccc1C(=O)O. The van der Waals surface area contributed by atoms with E-state index in [0.717, 1.165) is 12.8 Å². The van der Waals surface area contributed by atoms with Crippen LogP contribution < -0.4 is 4.74 Å². The first-order valence-corrected chi connectivity index (χ1v) is 4.43. The number of ether oxygens (including phenoxy) is 1. The molecule has 5 nitrogen and oxygen atoms in total. The third-order valence-corrected chi connectivity index (χ3v) is 1.65. The van der Waals surface area contributed by atoms with E-state index in [1.165, 1.54) is 12.3 Å². The summed E-state index contributed by atoms with van der Waals surface area (Å²) in [6.07, 6.45) is 3.19. The number of carbonyl (C=O) groups is 1. The van der Waals surface area contributed by atoms with E-state index in [1.807, 2.05) is 6.92 Å². The van der Waals surface area contributed by atoms with Gasteiger partial charge in [-0.25, -0.2) is 4.79 Å². The predicted octanol–water partition coefficient (Wildman–Crippen LogP) is 1.35. The Balaban J connectivity index is 2.69. The van der Waals surface area contributed by atoms with Crippen molar-refractivity contribution in [3.63, 3.8) is 0 Å². The van der Waals surface area contributed by atoms with Crippen molar-refractivity contribution in [1.82, 2.24) is 10.2 Å². The van der Waals surface area contributed by atoms with Gasteiger partial charge in [-0.2, -0.15) is 5.10 Å². The summed E-state index contributed by atoms with van der Waals surface area (Å²) in [5.41, 5.74) is 0.0519. The quantitative estimate of drug-likeness (QED) is 0.719. The van der Waals surface area contributed by atoms with Gasteiger partial charge in [-0.05, 0) is 12.5 Å². The predicted molar refractivity (Wildman–Crippen MR) is 49.4 cm³/mol. The Bertz CT molecular complexity index is 315. The lowest BCUT2D eigenvalue weighted by Crippen LogP contribution is -2.06. The summed E-state index contributed by atoms with van der Waals surface area (Å²) in [5, 5.41) is 16.0. The molecule has 0 aromatic carbocycles. The normalized spacial score (nSPS) is 9.79. The molecule has 0 aliphatic carbocycles. The Morgan fingerprint density at radius 1 is 1.64 bits per heavy atom. The molecule has 14 heavy (non-hydrogen) atoms. The third-order valence-electron chi connectivity index (χ3n) is 1.65. The number of hydrogen-bond acceptors (Lipinski definition) is 4. The van der Waals surface area contributed by atoms with Crippen LogP contribution in [0.1, 0.15) is 30.1 Å². The zero-order valence-electron chi connectivity index (χ0n) is 7.93. The molecule has 1 aromatic rings. The molecule has 0 aliphatic heterocycles. The van der Waals surface area contributed by atoms with Gasteiger partial charge in [0.15, 0.2) is 0 Å². The van der Waals surface area contributed by atoms with Crippen LogP contribution in [0.15, 0.2) is 12.3 Å². The van der Waals surface area contributed by atoms with Crippen LogP contribution in [0, 0.1) is 0 Å². The summed E-state index contributed by atoms with van der Waals surface area (Å²) in [6.45, 7) is 2.49. The largest absolute Gasteiger partial charge is 0.477 e. The molecule has 0 saturated carbocycles. The number of hydrogen-bond donors (Lipinski definition) is 1. The van der Waals surface area contributed by atoms with E-state index in [9.17, 15) is 4.79 Å². The maximum atomic E-state index is 10.7. The van der Waals surface area contributed by atoms with E-state index in [0.29, 0.717) is 6.61 Å². The molecule has 0 saturated heterocycles. The van der Waals surface area contributed by atoms with Crippen LogP contribution in [0.2, 0.25) is 0 Å². The van der Waals surface area contributed by atoms with Gasteiger partial charge in [0.1, 0.15) is 5.56 Å².